The zero-order valence-corrected chi connectivity index (χ0v) is 13.2. The van der Waals surface area contributed by atoms with Crippen LogP contribution in [0.3, 0.4) is 0 Å². The molecule has 0 unspecified atom stereocenters. The second kappa shape index (κ2) is 12.6. The van der Waals surface area contributed by atoms with Crippen molar-refractivity contribution in [1.82, 2.24) is 0 Å². The zero-order valence-electron chi connectivity index (χ0n) is 7.10. The van der Waals surface area contributed by atoms with Gasteiger partial charge in [0.05, 0.1) is 0 Å². The van der Waals surface area contributed by atoms with E-state index in [0.717, 1.165) is 0 Å². The third-order valence-electron chi connectivity index (χ3n) is 0. The van der Waals surface area contributed by atoms with Crippen LogP contribution in [0.25, 0.3) is 0 Å². The van der Waals surface area contributed by atoms with Crippen molar-refractivity contribution in [2.24, 2.45) is 0 Å². The molecule has 0 amide bonds. The molecule has 0 aliphatic carbocycles. The number of phosphoric acid groups is 3. The van der Waals surface area contributed by atoms with Crippen LogP contribution in [0.4, 0.5) is 0 Å². The van der Waals surface area contributed by atoms with E-state index in [-0.39, 0.29) is 39.6 Å². The van der Waals surface area contributed by atoms with Gasteiger partial charge in [-0.05, 0) is 0 Å². The van der Waals surface area contributed by atoms with Crippen LogP contribution in [0, 0.1) is 0 Å². The summed E-state index contributed by atoms with van der Waals surface area (Å²) in [6.45, 7) is 0. The molecule has 0 saturated carbocycles. The molecule has 0 aliphatic rings. The van der Waals surface area contributed by atoms with E-state index in [1.165, 1.54) is 0 Å². The Labute approximate surface area is 121 Å². The summed E-state index contributed by atoms with van der Waals surface area (Å²) in [6.07, 6.45) is 0. The topological polar surface area (TPSA) is 259 Å². The van der Waals surface area contributed by atoms with E-state index in [0.29, 0.717) is 0 Å². The van der Waals surface area contributed by atoms with Gasteiger partial charge in [-0.3, -0.25) is 0 Å². The molecule has 12 nitrogen and oxygen atoms in total. The normalized spacial score (nSPS) is 10.4. The molecule has 0 saturated heterocycles. The summed E-state index contributed by atoms with van der Waals surface area (Å²) < 4.78 is 25.6. The van der Waals surface area contributed by atoms with Crippen molar-refractivity contribution in [3.8, 4) is 0 Å². The van der Waals surface area contributed by atoms with E-state index < -0.39 is 23.5 Å². The number of rotatable bonds is 0. The molecule has 0 bridgehead atoms. The fraction of sp³-hybridized carbons (Fsp3) is 0. The van der Waals surface area contributed by atoms with Gasteiger partial charge in [0.15, 0.2) is 0 Å². The zero-order chi connectivity index (χ0) is 13.5. The molecule has 0 rings (SSSR count). The molecule has 0 N–H and O–H groups in total. The summed E-state index contributed by atoms with van der Waals surface area (Å²) in [6, 6.07) is 0. The Balaban J connectivity index is -0.0000000400. The maximum absolute atomic E-state index is 8.55. The Morgan fingerprint density at radius 2 is 0.471 bits per heavy atom. The Bertz CT molecular complexity index is 208. The summed E-state index contributed by atoms with van der Waals surface area (Å²) in [7, 11) is -16.2. The Hall–Kier alpha value is 1.60. The molecule has 0 aliphatic heterocycles. The predicted octanol–water partition coefficient (Wildman–Crippen LogP) is -8.48. The molecule has 0 fully saturated rings. The van der Waals surface area contributed by atoms with Gasteiger partial charge in [-0.1, -0.05) is 0 Å². The third-order valence-corrected chi connectivity index (χ3v) is 0. The first-order valence-corrected chi connectivity index (χ1v) is 6.57. The fourth-order valence-corrected chi connectivity index (χ4v) is 0. The van der Waals surface area contributed by atoms with Crippen molar-refractivity contribution in [2.75, 3.05) is 0 Å². The SMILES string of the molecule is O=P([O-])([O-])[O-].O=P([O-])([O-])[O-].O=P([O-])([O-])[O-].[Mo+4].[V+5]. The largest absolute Gasteiger partial charge is 5.00 e. The quantitative estimate of drug-likeness (QED) is 0.255. The summed E-state index contributed by atoms with van der Waals surface area (Å²) in [5.41, 5.74) is 0. The van der Waals surface area contributed by atoms with E-state index >= 15 is 0 Å². The average molecular weight is 432 g/mol. The number of hydrogen-bond donors (Lipinski definition) is 0. The minimum atomic E-state index is -5.39. The van der Waals surface area contributed by atoms with Gasteiger partial charge in [0.25, 0.3) is 0 Å². The predicted molar refractivity (Wildman–Crippen MR) is 22.8 cm³/mol. The third kappa shape index (κ3) is 1670. The van der Waals surface area contributed by atoms with Crippen molar-refractivity contribution in [3.05, 3.63) is 0 Å². The molecular formula is MoO12P3V. The maximum Gasteiger partial charge on any atom is 5.00 e. The Morgan fingerprint density at radius 1 is 0.471 bits per heavy atom. The van der Waals surface area contributed by atoms with Crippen LogP contribution < -0.4 is 44.0 Å². The second-order valence-electron chi connectivity index (χ2n) is 1.34. The van der Waals surface area contributed by atoms with Crippen molar-refractivity contribution >= 4 is 23.5 Å². The molecular weight excluding hydrogens is 432 g/mol. The van der Waals surface area contributed by atoms with E-state index in [9.17, 15) is 0 Å². The smallest absolute Gasteiger partial charge is 0.822 e. The summed E-state index contributed by atoms with van der Waals surface area (Å²) in [4.78, 5) is 76.9. The van der Waals surface area contributed by atoms with Gasteiger partial charge in [0.1, 0.15) is 0 Å². The average Bonchev–Trinajstić information content (AvgIpc) is 1.41. The fourth-order valence-electron chi connectivity index (χ4n) is 0. The van der Waals surface area contributed by atoms with Crippen LogP contribution in [0.15, 0.2) is 0 Å². The van der Waals surface area contributed by atoms with Gasteiger partial charge in [-0.2, -0.15) is 23.5 Å². The molecule has 0 aromatic rings. The van der Waals surface area contributed by atoms with E-state index in [1.807, 2.05) is 0 Å². The van der Waals surface area contributed by atoms with Gasteiger partial charge in [-0.15, -0.1) is 0 Å². The molecule has 98 valence electrons. The molecule has 17 heavy (non-hydrogen) atoms. The van der Waals surface area contributed by atoms with Crippen molar-refractivity contribution in [1.29, 1.82) is 0 Å². The first-order valence-electron chi connectivity index (χ1n) is 2.19. The van der Waals surface area contributed by atoms with E-state index in [4.69, 9.17) is 57.7 Å². The van der Waals surface area contributed by atoms with E-state index in [1.54, 1.807) is 0 Å². The minimum absolute atomic E-state index is 0. The molecule has 17 heteroatoms. The molecule has 0 aromatic carbocycles. The Kier molecular flexibility index (Phi) is 23.1. The Morgan fingerprint density at radius 3 is 0.471 bits per heavy atom. The summed E-state index contributed by atoms with van der Waals surface area (Å²) in [5.74, 6) is 0. The van der Waals surface area contributed by atoms with Crippen molar-refractivity contribution < 1.29 is 97.4 Å². The van der Waals surface area contributed by atoms with E-state index in [2.05, 4.69) is 0 Å². The number of hydrogen-bond acceptors (Lipinski definition) is 12. The molecule has 0 spiro atoms. The first kappa shape index (κ1) is 31.2. The van der Waals surface area contributed by atoms with Crippen LogP contribution in [0.5, 0.6) is 0 Å². The molecule has 0 atom stereocenters. The summed E-state index contributed by atoms with van der Waals surface area (Å²) >= 11 is 0. The van der Waals surface area contributed by atoms with Gasteiger partial charge >= 0.3 is 39.6 Å². The van der Waals surface area contributed by atoms with Crippen molar-refractivity contribution in [2.45, 2.75) is 0 Å². The standard InChI is InChI=1S/Mo.3H3O4P.V/c;3*1-5(2,3)4;/h;3*(H3,1,2,3,4);/q+4;;;;+5/p-9. The second-order valence-corrected chi connectivity index (χ2v) is 4.02. The van der Waals surface area contributed by atoms with Gasteiger partial charge in [0.2, 0.25) is 0 Å². The van der Waals surface area contributed by atoms with Crippen LogP contribution >= 0.6 is 23.5 Å². The van der Waals surface area contributed by atoms with Crippen molar-refractivity contribution in [3.63, 3.8) is 0 Å². The maximum atomic E-state index is 8.55. The van der Waals surface area contributed by atoms with Crippen LogP contribution in [0.2, 0.25) is 0 Å². The first-order chi connectivity index (χ1) is 6.00. The molecule has 0 aromatic heterocycles. The van der Waals surface area contributed by atoms with Crippen LogP contribution in [-0.4, -0.2) is 0 Å². The van der Waals surface area contributed by atoms with Gasteiger partial charge in [0, 0.05) is 0 Å². The van der Waals surface area contributed by atoms with Gasteiger partial charge < -0.3 is 57.7 Å². The minimum Gasteiger partial charge on any atom is -0.822 e. The van der Waals surface area contributed by atoms with Gasteiger partial charge in [-0.25, -0.2) is 0 Å². The van der Waals surface area contributed by atoms with Crippen LogP contribution in [-0.2, 0) is 53.3 Å². The monoisotopic (exact) mass is 434 g/mol. The summed E-state index contributed by atoms with van der Waals surface area (Å²) in [5, 5.41) is 0. The molecule has 0 heterocycles. The van der Waals surface area contributed by atoms with Crippen LogP contribution in [0.1, 0.15) is 0 Å². The molecule has 0 radical (unpaired) electrons.